The summed E-state index contributed by atoms with van der Waals surface area (Å²) >= 11 is 0. The molecule has 1 saturated carbocycles. The highest BCUT2D eigenvalue weighted by Gasteiger charge is 2.51. The van der Waals surface area contributed by atoms with Crippen molar-refractivity contribution < 1.29 is 19.5 Å². The van der Waals surface area contributed by atoms with E-state index in [4.69, 9.17) is 0 Å². The largest absolute Gasteiger partial charge is 0.396 e. The van der Waals surface area contributed by atoms with Crippen molar-refractivity contribution in [3.63, 3.8) is 0 Å². The average molecular weight is 363 g/mol. The Morgan fingerprint density at radius 1 is 1.04 bits per heavy atom. The van der Waals surface area contributed by atoms with Crippen molar-refractivity contribution in [2.24, 2.45) is 17.8 Å². The van der Waals surface area contributed by atoms with Gasteiger partial charge in [-0.3, -0.25) is 24.6 Å². The second kappa shape index (κ2) is 7.27. The van der Waals surface area contributed by atoms with E-state index in [9.17, 15) is 19.5 Å². The molecular formula is C19H29N3O4. The number of hydrogen-bond acceptors (Lipinski definition) is 5. The second-order valence-corrected chi connectivity index (χ2v) is 8.39. The topological polar surface area (TPSA) is 90.0 Å². The number of aliphatic hydroxyl groups is 1. The highest BCUT2D eigenvalue weighted by atomic mass is 16.3. The zero-order valence-electron chi connectivity index (χ0n) is 15.2. The summed E-state index contributed by atoms with van der Waals surface area (Å²) in [5.74, 6) is 0.283. The van der Waals surface area contributed by atoms with Gasteiger partial charge in [0.1, 0.15) is 6.04 Å². The van der Waals surface area contributed by atoms with Gasteiger partial charge >= 0.3 is 0 Å². The first-order chi connectivity index (χ1) is 12.6. The van der Waals surface area contributed by atoms with Crippen LogP contribution in [-0.4, -0.2) is 71.0 Å². The molecule has 4 aliphatic rings. The standard InChI is InChI=1S/C19H29N3O4/c23-11-12-6-8-21(9-7-12)15-3-1-2-13-14(15)10-22(19(13)26)16-4-5-17(24)20-18(16)25/h12-16,23H,1-11H2,(H,20,24,25). The van der Waals surface area contributed by atoms with Gasteiger partial charge in [0.05, 0.1) is 0 Å². The zero-order valence-corrected chi connectivity index (χ0v) is 15.2. The summed E-state index contributed by atoms with van der Waals surface area (Å²) in [5.41, 5.74) is 0. The molecule has 144 valence electrons. The molecular weight excluding hydrogens is 334 g/mol. The number of imide groups is 1. The molecule has 3 amide bonds. The maximum atomic E-state index is 13.0. The zero-order chi connectivity index (χ0) is 18.3. The Balaban J connectivity index is 1.46. The van der Waals surface area contributed by atoms with Crippen LogP contribution in [0.15, 0.2) is 0 Å². The third-order valence-corrected chi connectivity index (χ3v) is 7.00. The van der Waals surface area contributed by atoms with Crippen molar-refractivity contribution in [3.8, 4) is 0 Å². The molecule has 26 heavy (non-hydrogen) atoms. The average Bonchev–Trinajstić information content (AvgIpc) is 2.99. The predicted octanol–water partition coefficient (Wildman–Crippen LogP) is 0.123. The summed E-state index contributed by atoms with van der Waals surface area (Å²) in [6.07, 6.45) is 5.89. The molecule has 3 aliphatic heterocycles. The predicted molar refractivity (Wildman–Crippen MR) is 93.9 cm³/mol. The van der Waals surface area contributed by atoms with Crippen LogP contribution in [0, 0.1) is 17.8 Å². The first kappa shape index (κ1) is 17.9. The van der Waals surface area contributed by atoms with Crippen LogP contribution in [0.2, 0.25) is 0 Å². The SMILES string of the molecule is O=C1CCC(N2CC3C(CCCC3N3CCC(CO)CC3)C2=O)C(=O)N1. The van der Waals surface area contributed by atoms with Crippen LogP contribution in [0.25, 0.3) is 0 Å². The van der Waals surface area contributed by atoms with Crippen molar-refractivity contribution in [1.29, 1.82) is 0 Å². The summed E-state index contributed by atoms with van der Waals surface area (Å²) in [5, 5.41) is 11.8. The molecule has 4 rings (SSSR count). The van der Waals surface area contributed by atoms with Crippen LogP contribution >= 0.6 is 0 Å². The Morgan fingerprint density at radius 3 is 2.50 bits per heavy atom. The normalized spacial score (nSPS) is 37.0. The van der Waals surface area contributed by atoms with Gasteiger partial charge < -0.3 is 10.0 Å². The number of amides is 3. The lowest BCUT2D eigenvalue weighted by Gasteiger charge is -2.43. The molecule has 3 saturated heterocycles. The number of carbonyl (C=O) groups is 3. The van der Waals surface area contributed by atoms with E-state index < -0.39 is 6.04 Å². The molecule has 2 N–H and O–H groups in total. The van der Waals surface area contributed by atoms with Gasteiger partial charge in [-0.15, -0.1) is 0 Å². The number of fused-ring (bicyclic) bond motifs is 1. The van der Waals surface area contributed by atoms with E-state index in [0.29, 0.717) is 31.3 Å². The second-order valence-electron chi connectivity index (χ2n) is 8.39. The van der Waals surface area contributed by atoms with Crippen molar-refractivity contribution in [2.75, 3.05) is 26.2 Å². The summed E-state index contributed by atoms with van der Waals surface area (Å²) in [6, 6.07) is -0.0813. The molecule has 0 bridgehead atoms. The van der Waals surface area contributed by atoms with E-state index in [1.54, 1.807) is 4.90 Å². The number of nitrogens with zero attached hydrogens (tertiary/aromatic N) is 2. The fraction of sp³-hybridized carbons (Fsp3) is 0.842. The van der Waals surface area contributed by atoms with Crippen LogP contribution in [0.3, 0.4) is 0 Å². The van der Waals surface area contributed by atoms with Crippen molar-refractivity contribution in [1.82, 2.24) is 15.1 Å². The summed E-state index contributed by atoms with van der Waals surface area (Å²) in [4.78, 5) is 40.9. The molecule has 0 radical (unpaired) electrons. The number of rotatable bonds is 3. The number of piperidine rings is 2. The number of aliphatic hydroxyl groups excluding tert-OH is 1. The van der Waals surface area contributed by atoms with E-state index in [1.807, 2.05) is 0 Å². The van der Waals surface area contributed by atoms with Gasteiger partial charge in [-0.05, 0) is 51.1 Å². The van der Waals surface area contributed by atoms with E-state index in [-0.39, 0.29) is 36.2 Å². The van der Waals surface area contributed by atoms with E-state index >= 15 is 0 Å². The highest BCUT2D eigenvalue weighted by molar-refractivity contribution is 6.02. The van der Waals surface area contributed by atoms with E-state index in [2.05, 4.69) is 10.2 Å². The highest BCUT2D eigenvalue weighted by Crippen LogP contribution is 2.41. The van der Waals surface area contributed by atoms with Gasteiger partial charge in [-0.25, -0.2) is 0 Å². The molecule has 0 aromatic rings. The van der Waals surface area contributed by atoms with E-state index in [0.717, 1.165) is 45.2 Å². The van der Waals surface area contributed by atoms with Crippen LogP contribution in [0.5, 0.6) is 0 Å². The molecule has 4 unspecified atom stereocenters. The van der Waals surface area contributed by atoms with Gasteiger partial charge in [0.15, 0.2) is 0 Å². The lowest BCUT2D eigenvalue weighted by molar-refractivity contribution is -0.144. The van der Waals surface area contributed by atoms with Gasteiger partial charge in [-0.2, -0.15) is 0 Å². The summed E-state index contributed by atoms with van der Waals surface area (Å²) in [7, 11) is 0. The molecule has 0 spiro atoms. The Morgan fingerprint density at radius 2 is 1.81 bits per heavy atom. The summed E-state index contributed by atoms with van der Waals surface area (Å²) < 4.78 is 0. The van der Waals surface area contributed by atoms with Crippen LogP contribution < -0.4 is 5.32 Å². The van der Waals surface area contributed by atoms with Gasteiger partial charge in [-0.1, -0.05) is 6.42 Å². The van der Waals surface area contributed by atoms with E-state index in [1.165, 1.54) is 0 Å². The third-order valence-electron chi connectivity index (χ3n) is 7.00. The maximum Gasteiger partial charge on any atom is 0.249 e. The first-order valence-electron chi connectivity index (χ1n) is 10.1. The number of nitrogens with one attached hydrogen (secondary N) is 1. The quantitative estimate of drug-likeness (QED) is 0.696. The van der Waals surface area contributed by atoms with Crippen molar-refractivity contribution in [2.45, 2.75) is 57.0 Å². The molecule has 1 aliphatic carbocycles. The van der Waals surface area contributed by atoms with Crippen LogP contribution in [0.1, 0.15) is 44.9 Å². The van der Waals surface area contributed by atoms with Crippen LogP contribution in [-0.2, 0) is 14.4 Å². The first-order valence-corrected chi connectivity index (χ1v) is 10.1. The fourth-order valence-electron chi connectivity index (χ4n) is 5.51. The molecule has 7 nitrogen and oxygen atoms in total. The van der Waals surface area contributed by atoms with Crippen LogP contribution in [0.4, 0.5) is 0 Å². The maximum absolute atomic E-state index is 13.0. The lowest BCUT2D eigenvalue weighted by atomic mass is 9.76. The van der Waals surface area contributed by atoms with Gasteiger partial charge in [0.25, 0.3) is 0 Å². The Labute approximate surface area is 154 Å². The van der Waals surface area contributed by atoms with Gasteiger partial charge in [0, 0.05) is 37.5 Å². The minimum absolute atomic E-state index is 0.0229. The molecule has 4 atom stereocenters. The van der Waals surface area contributed by atoms with Gasteiger partial charge in [0.2, 0.25) is 17.7 Å². The number of carbonyl (C=O) groups excluding carboxylic acids is 3. The number of likely N-dealkylation sites (tertiary alicyclic amines) is 2. The molecule has 3 heterocycles. The van der Waals surface area contributed by atoms with Crippen molar-refractivity contribution >= 4 is 17.7 Å². The summed E-state index contributed by atoms with van der Waals surface area (Å²) in [6.45, 7) is 2.89. The van der Waals surface area contributed by atoms with Crippen molar-refractivity contribution in [3.05, 3.63) is 0 Å². The fourth-order valence-corrected chi connectivity index (χ4v) is 5.51. The molecule has 0 aromatic carbocycles. The minimum atomic E-state index is -0.480. The Hall–Kier alpha value is -1.47. The lowest BCUT2D eigenvalue weighted by Crippen LogP contribution is -2.53. The molecule has 0 aromatic heterocycles. The molecule has 4 fully saturated rings. The molecule has 7 heteroatoms. The number of hydrogen-bond donors (Lipinski definition) is 2. The smallest absolute Gasteiger partial charge is 0.249 e. The third kappa shape index (κ3) is 3.16. The Kier molecular flexibility index (Phi) is 5.01. The Bertz CT molecular complexity index is 587. The monoisotopic (exact) mass is 363 g/mol. The minimum Gasteiger partial charge on any atom is -0.396 e.